The van der Waals surface area contributed by atoms with Gasteiger partial charge in [0.25, 0.3) is 5.56 Å². The van der Waals surface area contributed by atoms with E-state index < -0.39 is 11.6 Å². The molecule has 5 heterocycles. The van der Waals surface area contributed by atoms with Crippen LogP contribution in [0.5, 0.6) is 0 Å². The number of carbonyl (C=O) groups excluding carboxylic acids is 2. The van der Waals surface area contributed by atoms with E-state index in [4.69, 9.17) is 9.72 Å². The fourth-order valence-electron chi connectivity index (χ4n) is 7.87. The van der Waals surface area contributed by atoms with Crippen LogP contribution in [0.2, 0.25) is 0 Å². The second kappa shape index (κ2) is 10.9. The minimum Gasteiger partial charge on any atom is -0.458 e. The summed E-state index contributed by atoms with van der Waals surface area (Å²) < 4.78 is 6.88. The lowest BCUT2D eigenvalue weighted by Crippen LogP contribution is -2.44. The summed E-state index contributed by atoms with van der Waals surface area (Å²) >= 11 is 0. The van der Waals surface area contributed by atoms with E-state index in [0.717, 1.165) is 59.8 Å². The number of anilines is 1. The topological polar surface area (TPSA) is 114 Å². The molecule has 7 rings (SSSR count). The summed E-state index contributed by atoms with van der Waals surface area (Å²) in [6.45, 7) is 6.40. The summed E-state index contributed by atoms with van der Waals surface area (Å²) in [5.41, 5.74) is 3.40. The minimum atomic E-state index is -1.85. The molecule has 3 aliphatic heterocycles. The summed E-state index contributed by atoms with van der Waals surface area (Å²) in [6.07, 6.45) is 8.79. The highest BCUT2D eigenvalue weighted by atomic mass is 16.6. The number of nitrogens with zero attached hydrogens (tertiary/aromatic N) is 3. The fraction of sp³-hybridized carbons (Fsp3) is 0.529. The van der Waals surface area contributed by atoms with Crippen molar-refractivity contribution < 1.29 is 19.4 Å². The van der Waals surface area contributed by atoms with Crippen molar-refractivity contribution in [2.45, 2.75) is 96.4 Å². The number of nitrogens with one attached hydrogen (secondary N) is 1. The first-order chi connectivity index (χ1) is 20.8. The van der Waals surface area contributed by atoms with Crippen LogP contribution >= 0.6 is 0 Å². The van der Waals surface area contributed by atoms with Gasteiger partial charge in [-0.2, -0.15) is 0 Å². The highest BCUT2D eigenvalue weighted by molar-refractivity contribution is 5.97. The van der Waals surface area contributed by atoms with Gasteiger partial charge in [0, 0.05) is 34.2 Å². The molecule has 1 aliphatic carbocycles. The maximum absolute atomic E-state index is 13.6. The first-order valence-electron chi connectivity index (χ1n) is 16.0. The summed E-state index contributed by atoms with van der Waals surface area (Å²) in [6, 6.07) is 8.21. The molecule has 0 unspecified atom stereocenters. The van der Waals surface area contributed by atoms with E-state index in [-0.39, 0.29) is 30.4 Å². The Bertz CT molecular complexity index is 1680. The number of benzene rings is 1. The van der Waals surface area contributed by atoms with Crippen LogP contribution in [0.25, 0.3) is 22.3 Å². The molecule has 1 saturated carbocycles. The highest BCUT2D eigenvalue weighted by Gasteiger charge is 2.45. The van der Waals surface area contributed by atoms with Crippen molar-refractivity contribution in [3.8, 4) is 11.4 Å². The number of amides is 1. The summed E-state index contributed by atoms with van der Waals surface area (Å²) in [7, 11) is 0. The number of esters is 1. The number of pyridine rings is 2. The molecule has 3 aromatic rings. The molecule has 1 atom stereocenters. The van der Waals surface area contributed by atoms with Gasteiger partial charge in [0.2, 0.25) is 5.91 Å². The molecular weight excluding hydrogens is 544 g/mol. The predicted octanol–water partition coefficient (Wildman–Crippen LogP) is 4.63. The second-order valence-electron chi connectivity index (χ2n) is 12.7. The molecule has 0 bridgehead atoms. The molecule has 1 aromatic carbocycles. The number of aryl methyl sites for hydroxylation is 1. The third kappa shape index (κ3) is 4.59. The van der Waals surface area contributed by atoms with Crippen molar-refractivity contribution in [3.63, 3.8) is 0 Å². The van der Waals surface area contributed by atoms with Gasteiger partial charge >= 0.3 is 5.97 Å². The zero-order valence-corrected chi connectivity index (χ0v) is 25.1. The number of hydrogen-bond donors (Lipinski definition) is 2. The number of likely N-dealkylation sites (tertiary alicyclic amines) is 1. The maximum atomic E-state index is 13.6. The van der Waals surface area contributed by atoms with Gasteiger partial charge in [-0.15, -0.1) is 0 Å². The van der Waals surface area contributed by atoms with E-state index >= 15 is 0 Å². The number of cyclic esters (lactones) is 1. The normalized spacial score (nSPS) is 25.1. The quantitative estimate of drug-likeness (QED) is 0.329. The Morgan fingerprint density at radius 3 is 2.56 bits per heavy atom. The minimum absolute atomic E-state index is 0.0329. The van der Waals surface area contributed by atoms with Gasteiger partial charge in [-0.3, -0.25) is 9.59 Å². The SMILES string of the molecule is CCc1c2c(nc3ccc(NC(=O)C4CCC(N5CCCCC5)CC4)cc13)-c1cc3c(c(=O)n1C2)COC(=O)[C@]3(O)CC. The molecule has 43 heavy (non-hydrogen) atoms. The first-order valence-corrected chi connectivity index (χ1v) is 16.0. The average molecular weight is 585 g/mol. The number of hydrogen-bond acceptors (Lipinski definition) is 7. The molecular formula is C34H40N4O5. The lowest BCUT2D eigenvalue weighted by molar-refractivity contribution is -0.172. The molecule has 9 heteroatoms. The van der Waals surface area contributed by atoms with Gasteiger partial charge in [0.15, 0.2) is 5.60 Å². The average Bonchev–Trinajstić information content (AvgIpc) is 3.41. The number of fused-ring (bicyclic) bond motifs is 5. The van der Waals surface area contributed by atoms with E-state index in [2.05, 4.69) is 17.1 Å². The molecule has 1 saturated heterocycles. The Labute approximate surface area is 251 Å². The van der Waals surface area contributed by atoms with Gasteiger partial charge in [0.05, 0.1) is 29.0 Å². The lowest BCUT2D eigenvalue weighted by Gasteiger charge is -2.38. The second-order valence-corrected chi connectivity index (χ2v) is 12.7. The van der Waals surface area contributed by atoms with Crippen LogP contribution in [0.4, 0.5) is 5.69 Å². The zero-order valence-electron chi connectivity index (χ0n) is 25.1. The van der Waals surface area contributed by atoms with Crippen molar-refractivity contribution >= 4 is 28.5 Å². The smallest absolute Gasteiger partial charge is 0.343 e. The molecule has 0 spiro atoms. The number of rotatable bonds is 5. The molecule has 2 aromatic heterocycles. The molecule has 2 N–H and O–H groups in total. The Balaban J connectivity index is 1.16. The van der Waals surface area contributed by atoms with Crippen LogP contribution < -0.4 is 10.9 Å². The van der Waals surface area contributed by atoms with Crippen LogP contribution in [0.1, 0.15) is 87.5 Å². The number of piperidine rings is 1. The largest absolute Gasteiger partial charge is 0.458 e. The summed E-state index contributed by atoms with van der Waals surface area (Å²) in [4.78, 5) is 47.0. The van der Waals surface area contributed by atoms with Crippen LogP contribution in [0, 0.1) is 5.92 Å². The predicted molar refractivity (Wildman–Crippen MR) is 164 cm³/mol. The lowest BCUT2D eigenvalue weighted by atomic mass is 9.84. The van der Waals surface area contributed by atoms with Crippen molar-refractivity contribution in [1.82, 2.24) is 14.5 Å². The fourth-order valence-corrected chi connectivity index (χ4v) is 7.87. The Hall–Kier alpha value is -3.56. The number of carbonyl (C=O) groups is 2. The van der Waals surface area contributed by atoms with E-state index in [1.807, 2.05) is 18.2 Å². The van der Waals surface area contributed by atoms with E-state index in [0.29, 0.717) is 35.1 Å². The van der Waals surface area contributed by atoms with Crippen molar-refractivity contribution in [2.75, 3.05) is 18.4 Å². The Morgan fingerprint density at radius 1 is 1.07 bits per heavy atom. The number of aromatic nitrogens is 2. The molecule has 4 aliphatic rings. The number of ether oxygens (including phenoxy) is 1. The highest BCUT2D eigenvalue weighted by Crippen LogP contribution is 2.41. The van der Waals surface area contributed by atoms with Crippen molar-refractivity contribution in [2.24, 2.45) is 5.92 Å². The van der Waals surface area contributed by atoms with Crippen LogP contribution in [-0.2, 0) is 39.5 Å². The number of aliphatic hydroxyl groups is 1. The van der Waals surface area contributed by atoms with Crippen molar-refractivity contribution in [3.05, 3.63) is 56.9 Å². The van der Waals surface area contributed by atoms with E-state index in [1.165, 1.54) is 32.4 Å². The third-order valence-corrected chi connectivity index (χ3v) is 10.4. The Morgan fingerprint density at radius 2 is 1.84 bits per heavy atom. The van der Waals surface area contributed by atoms with Crippen LogP contribution in [0.3, 0.4) is 0 Å². The summed E-state index contributed by atoms with van der Waals surface area (Å²) in [5, 5.41) is 15.3. The zero-order chi connectivity index (χ0) is 29.9. The van der Waals surface area contributed by atoms with Gasteiger partial charge < -0.3 is 24.6 Å². The van der Waals surface area contributed by atoms with E-state index in [9.17, 15) is 19.5 Å². The summed E-state index contributed by atoms with van der Waals surface area (Å²) in [5.74, 6) is -0.603. The van der Waals surface area contributed by atoms with Crippen LogP contribution in [-0.4, -0.2) is 50.6 Å². The molecule has 2 fully saturated rings. The molecule has 1 amide bonds. The standard InChI is InChI=1S/C34H40N4O5/c1-3-23-24-16-21(35-31(39)20-8-11-22(12-9-20)37-14-6-5-7-15-37)10-13-28(24)36-30-25(23)18-38-29(30)17-27-26(32(38)40)19-43-33(41)34(27,42)4-2/h10,13,16-17,20,22,42H,3-9,11-12,14-15,18-19H2,1-2H3,(H,35,39)/t20?,22?,34-/m0/s1. The third-order valence-electron chi connectivity index (χ3n) is 10.4. The van der Waals surface area contributed by atoms with Gasteiger partial charge in [-0.25, -0.2) is 9.78 Å². The van der Waals surface area contributed by atoms with Crippen molar-refractivity contribution in [1.29, 1.82) is 0 Å². The Kier molecular flexibility index (Phi) is 7.13. The molecule has 0 radical (unpaired) electrons. The molecule has 226 valence electrons. The van der Waals surface area contributed by atoms with Gasteiger partial charge in [-0.05, 0) is 94.3 Å². The van der Waals surface area contributed by atoms with Crippen LogP contribution in [0.15, 0.2) is 29.1 Å². The van der Waals surface area contributed by atoms with Gasteiger partial charge in [-0.1, -0.05) is 20.3 Å². The van der Waals surface area contributed by atoms with E-state index in [1.54, 1.807) is 17.6 Å². The molecule has 9 nitrogen and oxygen atoms in total. The van der Waals surface area contributed by atoms with Gasteiger partial charge in [0.1, 0.15) is 6.61 Å². The first kappa shape index (κ1) is 28.2. The monoisotopic (exact) mass is 584 g/mol. The maximum Gasteiger partial charge on any atom is 0.343 e.